The van der Waals surface area contributed by atoms with Gasteiger partial charge in [0.15, 0.2) is 0 Å². The summed E-state index contributed by atoms with van der Waals surface area (Å²) in [5.41, 5.74) is 2.75. The van der Waals surface area contributed by atoms with Crippen molar-refractivity contribution in [3.05, 3.63) is 29.3 Å². The van der Waals surface area contributed by atoms with Gasteiger partial charge in [-0.3, -0.25) is 0 Å². The fourth-order valence-corrected chi connectivity index (χ4v) is 2.40. The Balaban J connectivity index is 2.21. The molecule has 2 heteroatoms. The average Bonchev–Trinajstić information content (AvgIpc) is 2.61. The van der Waals surface area contributed by atoms with E-state index in [0.717, 1.165) is 5.75 Å². The molecule has 16 heavy (non-hydrogen) atoms. The molecule has 0 aromatic heterocycles. The van der Waals surface area contributed by atoms with Crippen LogP contribution in [0.2, 0.25) is 0 Å². The van der Waals surface area contributed by atoms with E-state index in [-0.39, 0.29) is 6.10 Å². The molecule has 1 aliphatic heterocycles. The maximum Gasteiger partial charge on any atom is 0.124 e. The molecule has 2 rings (SSSR count). The molecule has 0 amide bonds. The summed E-state index contributed by atoms with van der Waals surface area (Å²) in [7, 11) is 2.00. The molecule has 1 heterocycles. The molecule has 88 valence electrons. The van der Waals surface area contributed by atoms with Crippen LogP contribution in [0.4, 0.5) is 0 Å². The number of hydrogen-bond donors (Lipinski definition) is 1. The van der Waals surface area contributed by atoms with Crippen LogP contribution in [0.25, 0.3) is 0 Å². The van der Waals surface area contributed by atoms with Crippen molar-refractivity contribution in [1.29, 1.82) is 0 Å². The summed E-state index contributed by atoms with van der Waals surface area (Å²) in [6.07, 6.45) is 3.93. The monoisotopic (exact) mass is 219 g/mol. The van der Waals surface area contributed by atoms with Gasteiger partial charge in [0.25, 0.3) is 0 Å². The van der Waals surface area contributed by atoms with Crippen molar-refractivity contribution in [2.24, 2.45) is 0 Å². The Bertz CT molecular complexity index is 362. The molecule has 0 aliphatic carbocycles. The van der Waals surface area contributed by atoms with E-state index in [1.54, 1.807) is 0 Å². The van der Waals surface area contributed by atoms with E-state index in [9.17, 15) is 0 Å². The lowest BCUT2D eigenvalue weighted by Gasteiger charge is -2.13. The van der Waals surface area contributed by atoms with Crippen LogP contribution in [-0.4, -0.2) is 13.2 Å². The standard InChI is InChI=1S/C14H21NO/c1-4-5-6-11-7-8-13-12(9-11)14(15-3)10(2)16-13/h7-10,14-15H,4-6H2,1-3H3. The topological polar surface area (TPSA) is 21.3 Å². The highest BCUT2D eigenvalue weighted by molar-refractivity contribution is 5.43. The Kier molecular flexibility index (Phi) is 3.49. The van der Waals surface area contributed by atoms with Crippen molar-refractivity contribution in [2.45, 2.75) is 45.3 Å². The second kappa shape index (κ2) is 4.88. The molecule has 2 nitrogen and oxygen atoms in total. The highest BCUT2D eigenvalue weighted by Crippen LogP contribution is 2.36. The molecule has 1 aliphatic rings. The zero-order valence-electron chi connectivity index (χ0n) is 10.4. The minimum absolute atomic E-state index is 0.237. The van der Waals surface area contributed by atoms with Gasteiger partial charge in [0, 0.05) is 5.56 Å². The third kappa shape index (κ3) is 2.07. The first kappa shape index (κ1) is 11.5. The van der Waals surface area contributed by atoms with Crippen LogP contribution in [0.1, 0.15) is 43.9 Å². The third-order valence-electron chi connectivity index (χ3n) is 3.32. The lowest BCUT2D eigenvalue weighted by Crippen LogP contribution is -2.25. The SMILES string of the molecule is CCCCc1ccc2c(c1)C(NC)C(C)O2. The van der Waals surface area contributed by atoms with Gasteiger partial charge in [-0.2, -0.15) is 0 Å². The number of rotatable bonds is 4. The predicted molar refractivity (Wildman–Crippen MR) is 66.9 cm³/mol. The normalized spacial score (nSPS) is 22.9. The van der Waals surface area contributed by atoms with Crippen molar-refractivity contribution in [3.8, 4) is 5.75 Å². The number of likely N-dealkylation sites (N-methyl/N-ethyl adjacent to an activating group) is 1. The van der Waals surface area contributed by atoms with E-state index in [0.29, 0.717) is 6.04 Å². The molecule has 0 saturated carbocycles. The van der Waals surface area contributed by atoms with Gasteiger partial charge in [-0.05, 0) is 38.4 Å². The minimum Gasteiger partial charge on any atom is -0.488 e. The molecule has 0 radical (unpaired) electrons. The number of fused-ring (bicyclic) bond motifs is 1. The van der Waals surface area contributed by atoms with E-state index in [1.165, 1.54) is 30.4 Å². The van der Waals surface area contributed by atoms with Gasteiger partial charge < -0.3 is 10.1 Å². The van der Waals surface area contributed by atoms with E-state index in [1.807, 2.05) is 7.05 Å². The van der Waals surface area contributed by atoms with Crippen LogP contribution in [0.3, 0.4) is 0 Å². The largest absolute Gasteiger partial charge is 0.488 e. The van der Waals surface area contributed by atoms with Crippen LogP contribution in [0.15, 0.2) is 18.2 Å². The number of unbranched alkanes of at least 4 members (excludes halogenated alkanes) is 1. The summed E-state index contributed by atoms with van der Waals surface area (Å²) in [6.45, 7) is 4.35. The van der Waals surface area contributed by atoms with E-state index in [2.05, 4.69) is 37.4 Å². The molecule has 2 atom stereocenters. The zero-order valence-corrected chi connectivity index (χ0v) is 10.4. The molecular weight excluding hydrogens is 198 g/mol. The minimum atomic E-state index is 0.237. The number of nitrogens with one attached hydrogen (secondary N) is 1. The van der Waals surface area contributed by atoms with Crippen LogP contribution in [0, 0.1) is 0 Å². The summed E-state index contributed by atoms with van der Waals surface area (Å²) in [6, 6.07) is 6.96. The summed E-state index contributed by atoms with van der Waals surface area (Å²) >= 11 is 0. The average molecular weight is 219 g/mol. The first-order chi connectivity index (χ1) is 7.76. The van der Waals surface area contributed by atoms with Crippen molar-refractivity contribution >= 4 is 0 Å². The lowest BCUT2D eigenvalue weighted by molar-refractivity contribution is 0.214. The van der Waals surface area contributed by atoms with E-state index < -0.39 is 0 Å². The molecule has 0 spiro atoms. The van der Waals surface area contributed by atoms with E-state index in [4.69, 9.17) is 4.74 Å². The molecule has 2 unspecified atom stereocenters. The maximum atomic E-state index is 5.81. The number of ether oxygens (including phenoxy) is 1. The van der Waals surface area contributed by atoms with Crippen LogP contribution in [-0.2, 0) is 6.42 Å². The lowest BCUT2D eigenvalue weighted by atomic mass is 10.00. The molecule has 0 bridgehead atoms. The molecule has 1 aromatic carbocycles. The Hall–Kier alpha value is -1.02. The molecule has 1 aromatic rings. The van der Waals surface area contributed by atoms with E-state index >= 15 is 0 Å². The van der Waals surface area contributed by atoms with Crippen molar-refractivity contribution in [3.63, 3.8) is 0 Å². The fraction of sp³-hybridized carbons (Fsp3) is 0.571. The second-order valence-corrected chi connectivity index (χ2v) is 4.57. The first-order valence-corrected chi connectivity index (χ1v) is 6.23. The molecule has 0 saturated heterocycles. The summed E-state index contributed by atoms with van der Waals surface area (Å²) in [5, 5.41) is 3.33. The van der Waals surface area contributed by atoms with Crippen LogP contribution < -0.4 is 10.1 Å². The van der Waals surface area contributed by atoms with Gasteiger partial charge in [-0.25, -0.2) is 0 Å². The Morgan fingerprint density at radius 3 is 2.88 bits per heavy atom. The quantitative estimate of drug-likeness (QED) is 0.840. The maximum absolute atomic E-state index is 5.81. The molecular formula is C14H21NO. The third-order valence-corrected chi connectivity index (χ3v) is 3.32. The molecule has 0 fully saturated rings. The summed E-state index contributed by atoms with van der Waals surface area (Å²) < 4.78 is 5.81. The Morgan fingerprint density at radius 1 is 1.38 bits per heavy atom. The second-order valence-electron chi connectivity index (χ2n) is 4.57. The van der Waals surface area contributed by atoms with Crippen molar-refractivity contribution < 1.29 is 4.74 Å². The highest BCUT2D eigenvalue weighted by Gasteiger charge is 2.29. The fourth-order valence-electron chi connectivity index (χ4n) is 2.40. The first-order valence-electron chi connectivity index (χ1n) is 6.23. The number of hydrogen-bond acceptors (Lipinski definition) is 2. The van der Waals surface area contributed by atoms with Crippen molar-refractivity contribution in [1.82, 2.24) is 5.32 Å². The summed E-state index contributed by atoms with van der Waals surface area (Å²) in [5.74, 6) is 1.05. The van der Waals surface area contributed by atoms with Crippen LogP contribution in [0.5, 0.6) is 5.75 Å². The summed E-state index contributed by atoms with van der Waals surface area (Å²) in [4.78, 5) is 0. The van der Waals surface area contributed by atoms with Gasteiger partial charge in [0.2, 0.25) is 0 Å². The van der Waals surface area contributed by atoms with Gasteiger partial charge in [0.1, 0.15) is 11.9 Å². The van der Waals surface area contributed by atoms with Gasteiger partial charge in [0.05, 0.1) is 6.04 Å². The molecule has 1 N–H and O–H groups in total. The predicted octanol–water partition coefficient (Wildman–Crippen LogP) is 3.07. The zero-order chi connectivity index (χ0) is 11.5. The Labute approximate surface area is 98.0 Å². The number of aryl methyl sites for hydroxylation is 1. The highest BCUT2D eigenvalue weighted by atomic mass is 16.5. The number of benzene rings is 1. The van der Waals surface area contributed by atoms with Crippen LogP contribution >= 0.6 is 0 Å². The van der Waals surface area contributed by atoms with Gasteiger partial charge in [-0.15, -0.1) is 0 Å². The smallest absolute Gasteiger partial charge is 0.124 e. The van der Waals surface area contributed by atoms with Gasteiger partial charge in [-0.1, -0.05) is 25.5 Å². The Morgan fingerprint density at radius 2 is 2.19 bits per heavy atom. The van der Waals surface area contributed by atoms with Gasteiger partial charge >= 0.3 is 0 Å². The van der Waals surface area contributed by atoms with Crippen molar-refractivity contribution in [2.75, 3.05) is 7.05 Å².